The number of amides is 1. The average molecular weight is 605 g/mol. The third kappa shape index (κ3) is 9.17. The summed E-state index contributed by atoms with van der Waals surface area (Å²) < 4.78 is 11.6. The number of nitrogens with zero attached hydrogens (tertiary/aromatic N) is 2. The summed E-state index contributed by atoms with van der Waals surface area (Å²) >= 11 is 0. The van der Waals surface area contributed by atoms with Gasteiger partial charge in [0.2, 0.25) is 0 Å². The number of ether oxygens (including phenoxy) is 2. The van der Waals surface area contributed by atoms with Gasteiger partial charge < -0.3 is 24.4 Å². The fraction of sp³-hybridized carbons (Fsp3) is 0.500. The van der Waals surface area contributed by atoms with Crippen LogP contribution in [0, 0.1) is 0 Å². The van der Waals surface area contributed by atoms with Crippen LogP contribution in [0.3, 0.4) is 0 Å². The molecule has 0 bridgehead atoms. The first kappa shape index (κ1) is 36.5. The number of carbonyl (C=O) groups is 1. The molecule has 242 valence electrons. The van der Waals surface area contributed by atoms with Crippen LogP contribution < -0.4 is 9.64 Å². The van der Waals surface area contributed by atoms with Gasteiger partial charge >= 0.3 is 6.09 Å². The number of phenolic OH excluding ortho intramolecular Hbond substituents is 1. The molecule has 0 spiro atoms. The Morgan fingerprint density at radius 1 is 0.818 bits per heavy atom. The van der Waals surface area contributed by atoms with Crippen LogP contribution in [0.15, 0.2) is 66.7 Å². The van der Waals surface area contributed by atoms with Crippen LogP contribution in [0.5, 0.6) is 11.5 Å². The molecule has 1 heterocycles. The third-order valence-electron chi connectivity index (χ3n) is 7.67. The van der Waals surface area contributed by atoms with E-state index in [2.05, 4.69) is 59.5 Å². The largest absolute Gasteiger partial charge is 0.508 e. The Morgan fingerprint density at radius 2 is 1.43 bits per heavy atom. The Morgan fingerprint density at radius 3 is 2.02 bits per heavy atom. The van der Waals surface area contributed by atoms with E-state index < -0.39 is 5.60 Å². The first-order chi connectivity index (χ1) is 21.2. The van der Waals surface area contributed by atoms with Crippen molar-refractivity contribution in [3.05, 3.63) is 89.0 Å². The van der Waals surface area contributed by atoms with E-state index in [-0.39, 0.29) is 12.0 Å². The third-order valence-corrected chi connectivity index (χ3v) is 7.67. The van der Waals surface area contributed by atoms with Crippen molar-refractivity contribution in [1.29, 1.82) is 0 Å². The van der Waals surface area contributed by atoms with Crippen molar-refractivity contribution in [2.24, 2.45) is 0 Å². The average Bonchev–Trinajstić information content (AvgIpc) is 3.06. The summed E-state index contributed by atoms with van der Waals surface area (Å²) in [7, 11) is 1.74. The second kappa shape index (κ2) is 17.6. The SMILES string of the molecule is CC.CC.CC.COc1cc(N2CCN(C(=O)OC(C)(C)C)CC2)ccc1C1c2ccc(O)cc2CCC1c1ccccc1. The Balaban J connectivity index is 0.00000106. The fourth-order valence-electron chi connectivity index (χ4n) is 5.88. The van der Waals surface area contributed by atoms with Gasteiger partial charge in [0.25, 0.3) is 0 Å². The van der Waals surface area contributed by atoms with Gasteiger partial charge in [-0.2, -0.15) is 0 Å². The number of hydrogen-bond acceptors (Lipinski definition) is 5. The number of rotatable bonds is 4. The highest BCUT2D eigenvalue weighted by atomic mass is 16.6. The maximum atomic E-state index is 12.5. The number of carbonyl (C=O) groups excluding carboxylic acids is 1. The maximum Gasteiger partial charge on any atom is 0.410 e. The molecule has 1 aliphatic heterocycles. The molecule has 1 amide bonds. The molecule has 0 aromatic heterocycles. The van der Waals surface area contributed by atoms with Gasteiger partial charge in [-0.05, 0) is 74.4 Å². The van der Waals surface area contributed by atoms with Gasteiger partial charge in [-0.25, -0.2) is 4.79 Å². The molecule has 3 aromatic carbocycles. The summed E-state index contributed by atoms with van der Waals surface area (Å²) in [4.78, 5) is 16.6. The van der Waals surface area contributed by atoms with Crippen molar-refractivity contribution >= 4 is 11.8 Å². The summed E-state index contributed by atoms with van der Waals surface area (Å²) in [6, 6.07) is 23.0. The molecular formula is C38H56N2O4. The zero-order chi connectivity index (χ0) is 32.9. The predicted molar refractivity (Wildman–Crippen MR) is 185 cm³/mol. The van der Waals surface area contributed by atoms with Gasteiger partial charge in [0.05, 0.1) is 7.11 Å². The Kier molecular flexibility index (Phi) is 14.6. The molecule has 2 unspecified atom stereocenters. The number of piperazine rings is 1. The Bertz CT molecular complexity index is 1280. The minimum atomic E-state index is -0.495. The van der Waals surface area contributed by atoms with E-state index in [1.807, 2.05) is 68.4 Å². The van der Waals surface area contributed by atoms with Gasteiger partial charge in [-0.1, -0.05) is 84.0 Å². The second-order valence-corrected chi connectivity index (χ2v) is 11.3. The van der Waals surface area contributed by atoms with E-state index in [9.17, 15) is 9.90 Å². The predicted octanol–water partition coefficient (Wildman–Crippen LogP) is 9.40. The first-order valence-corrected chi connectivity index (χ1v) is 16.5. The fourth-order valence-corrected chi connectivity index (χ4v) is 5.88. The number of phenols is 1. The first-order valence-electron chi connectivity index (χ1n) is 16.5. The molecule has 6 nitrogen and oxygen atoms in total. The van der Waals surface area contributed by atoms with Crippen LogP contribution in [0.1, 0.15) is 103 Å². The number of methoxy groups -OCH3 is 1. The van der Waals surface area contributed by atoms with Crippen LogP contribution in [0.25, 0.3) is 0 Å². The molecular weight excluding hydrogens is 548 g/mol. The second-order valence-electron chi connectivity index (χ2n) is 11.3. The summed E-state index contributed by atoms with van der Waals surface area (Å²) in [5, 5.41) is 10.2. The van der Waals surface area contributed by atoms with Crippen LogP contribution in [0.4, 0.5) is 10.5 Å². The van der Waals surface area contributed by atoms with Gasteiger partial charge in [-0.3, -0.25) is 0 Å². The zero-order valence-corrected chi connectivity index (χ0v) is 28.8. The van der Waals surface area contributed by atoms with Crippen molar-refractivity contribution in [3.63, 3.8) is 0 Å². The van der Waals surface area contributed by atoms with Crippen LogP contribution in [-0.2, 0) is 11.2 Å². The van der Waals surface area contributed by atoms with E-state index in [0.717, 1.165) is 42.9 Å². The van der Waals surface area contributed by atoms with Crippen molar-refractivity contribution in [3.8, 4) is 11.5 Å². The molecule has 3 aromatic rings. The number of hydrogen-bond donors (Lipinski definition) is 1. The molecule has 0 saturated carbocycles. The number of fused-ring (bicyclic) bond motifs is 1. The summed E-state index contributed by atoms with van der Waals surface area (Å²) in [6.07, 6.45) is 1.68. The van der Waals surface area contributed by atoms with E-state index in [4.69, 9.17) is 9.47 Å². The Labute approximate surface area is 267 Å². The standard InChI is InChI=1S/C32H38N2O4.3C2H6/c1-32(2,3)38-31(36)34-18-16-33(17-19-34)24-11-14-28(29(21-24)37-4)30-26(22-8-6-5-7-9-22)13-10-23-20-25(35)12-15-27(23)30;3*1-2/h5-9,11-12,14-15,20-21,26,30,35H,10,13,16-19H2,1-4H3;3*1-2H3. The molecule has 2 atom stereocenters. The summed E-state index contributed by atoms with van der Waals surface area (Å²) in [5.74, 6) is 1.61. The van der Waals surface area contributed by atoms with Crippen LogP contribution in [0.2, 0.25) is 0 Å². The van der Waals surface area contributed by atoms with Crippen molar-refractivity contribution < 1.29 is 19.4 Å². The topological polar surface area (TPSA) is 62.2 Å². The van der Waals surface area contributed by atoms with Gasteiger partial charge in [0.1, 0.15) is 17.1 Å². The molecule has 1 aliphatic carbocycles. The van der Waals surface area contributed by atoms with E-state index in [1.165, 1.54) is 16.7 Å². The maximum absolute atomic E-state index is 12.5. The molecule has 0 radical (unpaired) electrons. The molecule has 1 N–H and O–H groups in total. The van der Waals surface area contributed by atoms with Gasteiger partial charge in [-0.15, -0.1) is 0 Å². The monoisotopic (exact) mass is 604 g/mol. The lowest BCUT2D eigenvalue weighted by atomic mass is 9.69. The van der Waals surface area contributed by atoms with E-state index in [1.54, 1.807) is 18.1 Å². The molecule has 1 saturated heterocycles. The summed E-state index contributed by atoms with van der Waals surface area (Å²) in [5.41, 5.74) is 5.52. The smallest absolute Gasteiger partial charge is 0.410 e. The van der Waals surface area contributed by atoms with Crippen molar-refractivity contribution in [1.82, 2.24) is 4.90 Å². The summed E-state index contributed by atoms with van der Waals surface area (Å²) in [6.45, 7) is 20.4. The molecule has 1 fully saturated rings. The van der Waals surface area contributed by atoms with E-state index in [0.29, 0.717) is 24.8 Å². The highest BCUT2D eigenvalue weighted by Gasteiger charge is 2.34. The van der Waals surface area contributed by atoms with Gasteiger partial charge in [0, 0.05) is 49.4 Å². The number of benzene rings is 3. The van der Waals surface area contributed by atoms with E-state index >= 15 is 0 Å². The quantitative estimate of drug-likeness (QED) is 0.321. The lowest BCUT2D eigenvalue weighted by Crippen LogP contribution is -2.50. The lowest BCUT2D eigenvalue weighted by molar-refractivity contribution is 0.0240. The molecule has 2 aliphatic rings. The number of aromatic hydroxyl groups is 1. The van der Waals surface area contributed by atoms with Crippen molar-refractivity contribution in [2.45, 2.75) is 92.6 Å². The number of anilines is 1. The molecule has 6 heteroatoms. The molecule has 5 rings (SSSR count). The highest BCUT2D eigenvalue weighted by molar-refractivity contribution is 5.69. The molecule has 44 heavy (non-hydrogen) atoms. The normalized spacial score (nSPS) is 17.3. The van der Waals surface area contributed by atoms with Crippen LogP contribution >= 0.6 is 0 Å². The lowest BCUT2D eigenvalue weighted by Gasteiger charge is -2.38. The van der Waals surface area contributed by atoms with Crippen molar-refractivity contribution in [2.75, 3.05) is 38.2 Å². The zero-order valence-electron chi connectivity index (χ0n) is 28.8. The highest BCUT2D eigenvalue weighted by Crippen LogP contribution is 2.49. The minimum Gasteiger partial charge on any atom is -0.508 e. The number of aryl methyl sites for hydroxylation is 1. The van der Waals surface area contributed by atoms with Crippen LogP contribution in [-0.4, -0.2) is 55.0 Å². The Hall–Kier alpha value is -3.67. The minimum absolute atomic E-state index is 0.120. The van der Waals surface area contributed by atoms with Gasteiger partial charge in [0.15, 0.2) is 0 Å².